The molecule has 2 aromatic carbocycles. The van der Waals surface area contributed by atoms with Crippen LogP contribution in [0.4, 0.5) is 24.5 Å². The molecule has 1 N–H and O–H groups in total. The number of halogens is 3. The molecule has 2 aromatic rings. The second kappa shape index (κ2) is 8.22. The Morgan fingerprint density at radius 1 is 1.04 bits per heavy atom. The second-order valence-electron chi connectivity index (χ2n) is 7.05. The minimum Gasteiger partial charge on any atom is -0.369 e. The van der Waals surface area contributed by atoms with Crippen molar-refractivity contribution in [2.45, 2.75) is 26.1 Å². The summed E-state index contributed by atoms with van der Waals surface area (Å²) in [6.45, 7) is 6.16. The lowest BCUT2D eigenvalue weighted by molar-refractivity contribution is -0.137. The summed E-state index contributed by atoms with van der Waals surface area (Å²) in [6, 6.07) is 12.7. The zero-order chi connectivity index (χ0) is 20.3. The SMILES string of the molecule is Cc1ccccc1NC(=O)C(C)N1CCN(c2cccc(C(F)(F)F)c2)CC1. The van der Waals surface area contributed by atoms with E-state index in [0.717, 1.165) is 17.3 Å². The largest absolute Gasteiger partial charge is 0.416 e. The monoisotopic (exact) mass is 391 g/mol. The summed E-state index contributed by atoms with van der Waals surface area (Å²) in [7, 11) is 0. The topological polar surface area (TPSA) is 35.6 Å². The van der Waals surface area contributed by atoms with Crippen molar-refractivity contribution in [1.29, 1.82) is 0 Å². The van der Waals surface area contributed by atoms with E-state index >= 15 is 0 Å². The van der Waals surface area contributed by atoms with Gasteiger partial charge in [0.2, 0.25) is 5.91 Å². The first-order chi connectivity index (χ1) is 13.3. The van der Waals surface area contributed by atoms with Gasteiger partial charge in [-0.25, -0.2) is 0 Å². The summed E-state index contributed by atoms with van der Waals surface area (Å²) in [5, 5.41) is 2.96. The summed E-state index contributed by atoms with van der Waals surface area (Å²) in [4.78, 5) is 16.6. The van der Waals surface area contributed by atoms with E-state index < -0.39 is 11.7 Å². The van der Waals surface area contributed by atoms with E-state index in [-0.39, 0.29) is 11.9 Å². The number of carbonyl (C=O) groups is 1. The van der Waals surface area contributed by atoms with Crippen LogP contribution in [0.3, 0.4) is 0 Å². The number of benzene rings is 2. The van der Waals surface area contributed by atoms with Crippen molar-refractivity contribution in [1.82, 2.24) is 4.90 Å². The van der Waals surface area contributed by atoms with Crippen LogP contribution in [-0.2, 0) is 11.0 Å². The van der Waals surface area contributed by atoms with Crippen LogP contribution in [0.25, 0.3) is 0 Å². The molecule has 1 aliphatic rings. The molecule has 1 amide bonds. The van der Waals surface area contributed by atoms with Crippen LogP contribution < -0.4 is 10.2 Å². The number of piperazine rings is 1. The highest BCUT2D eigenvalue weighted by molar-refractivity contribution is 5.95. The number of carbonyl (C=O) groups excluding carboxylic acids is 1. The molecule has 150 valence electrons. The Balaban J connectivity index is 1.59. The molecule has 28 heavy (non-hydrogen) atoms. The highest BCUT2D eigenvalue weighted by Gasteiger charge is 2.31. The third-order valence-electron chi connectivity index (χ3n) is 5.18. The fourth-order valence-electron chi connectivity index (χ4n) is 3.36. The highest BCUT2D eigenvalue weighted by atomic mass is 19.4. The van der Waals surface area contributed by atoms with Gasteiger partial charge in [-0.05, 0) is 43.7 Å². The Labute approximate surface area is 162 Å². The number of rotatable bonds is 4. The van der Waals surface area contributed by atoms with Crippen LogP contribution in [0, 0.1) is 6.92 Å². The Morgan fingerprint density at radius 2 is 1.71 bits per heavy atom. The van der Waals surface area contributed by atoms with Crippen LogP contribution in [0.2, 0.25) is 0 Å². The van der Waals surface area contributed by atoms with Crippen molar-refractivity contribution in [3.05, 3.63) is 59.7 Å². The fraction of sp³-hybridized carbons (Fsp3) is 0.381. The van der Waals surface area contributed by atoms with Gasteiger partial charge in [-0.2, -0.15) is 13.2 Å². The smallest absolute Gasteiger partial charge is 0.369 e. The molecule has 1 atom stereocenters. The van der Waals surface area contributed by atoms with E-state index in [0.29, 0.717) is 31.9 Å². The maximum Gasteiger partial charge on any atom is 0.416 e. The summed E-state index contributed by atoms with van der Waals surface area (Å²) in [6.07, 6.45) is -4.35. The first kappa shape index (κ1) is 20.2. The molecule has 0 radical (unpaired) electrons. The molecule has 4 nitrogen and oxygen atoms in total. The average molecular weight is 391 g/mol. The quantitative estimate of drug-likeness (QED) is 0.850. The number of hydrogen-bond donors (Lipinski definition) is 1. The van der Waals surface area contributed by atoms with Crippen LogP contribution in [0.15, 0.2) is 48.5 Å². The zero-order valence-electron chi connectivity index (χ0n) is 16.0. The van der Waals surface area contributed by atoms with Gasteiger partial charge in [0.25, 0.3) is 0 Å². The molecule has 0 bridgehead atoms. The predicted molar refractivity (Wildman–Crippen MR) is 105 cm³/mol. The van der Waals surface area contributed by atoms with Crippen molar-refractivity contribution in [2.75, 3.05) is 36.4 Å². The van der Waals surface area contributed by atoms with Gasteiger partial charge in [-0.15, -0.1) is 0 Å². The van der Waals surface area contributed by atoms with E-state index in [2.05, 4.69) is 10.2 Å². The summed E-state index contributed by atoms with van der Waals surface area (Å²) in [5.41, 5.74) is 1.71. The number of nitrogens with one attached hydrogen (secondary N) is 1. The highest BCUT2D eigenvalue weighted by Crippen LogP contribution is 2.32. The maximum atomic E-state index is 12.9. The molecule has 7 heteroatoms. The van der Waals surface area contributed by atoms with Gasteiger partial charge in [0.1, 0.15) is 0 Å². The minimum atomic E-state index is -4.35. The number of alkyl halides is 3. The molecule has 0 aromatic heterocycles. The van der Waals surface area contributed by atoms with Gasteiger partial charge in [-0.1, -0.05) is 24.3 Å². The number of anilines is 2. The van der Waals surface area contributed by atoms with Crippen LogP contribution in [0.1, 0.15) is 18.1 Å². The lowest BCUT2D eigenvalue weighted by Gasteiger charge is -2.38. The van der Waals surface area contributed by atoms with Gasteiger partial charge in [0, 0.05) is 37.6 Å². The normalized spacial score (nSPS) is 16.7. The Kier molecular flexibility index (Phi) is 5.93. The van der Waals surface area contributed by atoms with Crippen molar-refractivity contribution < 1.29 is 18.0 Å². The molecule has 0 spiro atoms. The Morgan fingerprint density at radius 3 is 2.36 bits per heavy atom. The molecule has 0 saturated carbocycles. The maximum absolute atomic E-state index is 12.9. The van der Waals surface area contributed by atoms with E-state index in [1.54, 1.807) is 6.07 Å². The number of hydrogen-bond acceptors (Lipinski definition) is 3. The standard InChI is InChI=1S/C21H24F3N3O/c1-15-6-3-4-9-19(15)25-20(28)16(2)26-10-12-27(13-11-26)18-8-5-7-17(14-18)21(22,23)24/h3-9,14,16H,10-13H2,1-2H3,(H,25,28). The molecule has 1 unspecified atom stereocenters. The van der Waals surface area contributed by atoms with Crippen molar-refractivity contribution >= 4 is 17.3 Å². The molecule has 1 heterocycles. The van der Waals surface area contributed by atoms with Gasteiger partial charge in [0.15, 0.2) is 0 Å². The zero-order valence-corrected chi connectivity index (χ0v) is 16.0. The number of aryl methyl sites for hydroxylation is 1. The van der Waals surface area contributed by atoms with Crippen LogP contribution >= 0.6 is 0 Å². The average Bonchev–Trinajstić information content (AvgIpc) is 2.69. The lowest BCUT2D eigenvalue weighted by Crippen LogP contribution is -2.52. The first-order valence-electron chi connectivity index (χ1n) is 9.28. The van der Waals surface area contributed by atoms with E-state index in [4.69, 9.17) is 0 Å². The van der Waals surface area contributed by atoms with E-state index in [1.165, 1.54) is 12.1 Å². The van der Waals surface area contributed by atoms with Crippen molar-refractivity contribution in [2.24, 2.45) is 0 Å². The second-order valence-corrected chi connectivity index (χ2v) is 7.05. The Bertz CT molecular complexity index is 830. The van der Waals surface area contributed by atoms with Gasteiger partial charge < -0.3 is 10.2 Å². The molecule has 1 fully saturated rings. The summed E-state index contributed by atoms with van der Waals surface area (Å²) in [5.74, 6) is -0.0816. The molecule has 3 rings (SSSR count). The predicted octanol–water partition coefficient (Wildman–Crippen LogP) is 4.16. The van der Waals surface area contributed by atoms with E-state index in [9.17, 15) is 18.0 Å². The number of nitrogens with zero attached hydrogens (tertiary/aromatic N) is 2. The lowest BCUT2D eigenvalue weighted by atomic mass is 10.1. The third kappa shape index (κ3) is 4.65. The van der Waals surface area contributed by atoms with Gasteiger partial charge in [-0.3, -0.25) is 9.69 Å². The number of para-hydroxylation sites is 1. The van der Waals surface area contributed by atoms with Gasteiger partial charge >= 0.3 is 6.18 Å². The molecular formula is C21H24F3N3O. The van der Waals surface area contributed by atoms with Crippen molar-refractivity contribution in [3.63, 3.8) is 0 Å². The fourth-order valence-corrected chi connectivity index (χ4v) is 3.36. The Hall–Kier alpha value is -2.54. The number of amides is 1. The first-order valence-corrected chi connectivity index (χ1v) is 9.28. The third-order valence-corrected chi connectivity index (χ3v) is 5.18. The molecule has 1 saturated heterocycles. The molecule has 1 aliphatic heterocycles. The van der Waals surface area contributed by atoms with Crippen LogP contribution in [0.5, 0.6) is 0 Å². The van der Waals surface area contributed by atoms with Crippen molar-refractivity contribution in [3.8, 4) is 0 Å². The van der Waals surface area contributed by atoms with E-state index in [1.807, 2.05) is 43.0 Å². The summed E-state index contributed by atoms with van der Waals surface area (Å²) < 4.78 is 38.8. The van der Waals surface area contributed by atoms with Gasteiger partial charge in [0.05, 0.1) is 11.6 Å². The molecular weight excluding hydrogens is 367 g/mol. The summed E-state index contributed by atoms with van der Waals surface area (Å²) >= 11 is 0. The van der Waals surface area contributed by atoms with Crippen LogP contribution in [-0.4, -0.2) is 43.0 Å². The molecule has 0 aliphatic carbocycles. The minimum absolute atomic E-state index is 0.0816.